The van der Waals surface area contributed by atoms with Gasteiger partial charge in [-0.2, -0.15) is 0 Å². The minimum atomic E-state index is 0.703. The molecule has 0 saturated heterocycles. The van der Waals surface area contributed by atoms with Crippen LogP contribution in [0.1, 0.15) is 5.56 Å². The molecule has 0 aliphatic carbocycles. The van der Waals surface area contributed by atoms with Crippen LogP contribution in [0.2, 0.25) is 0 Å². The molecule has 0 unspecified atom stereocenters. The van der Waals surface area contributed by atoms with E-state index in [1.165, 1.54) is 5.56 Å². The summed E-state index contributed by atoms with van der Waals surface area (Å²) in [4.78, 5) is 9.31. The summed E-state index contributed by atoms with van der Waals surface area (Å²) in [6.07, 6.45) is 0. The molecule has 1 N–H and O–H groups in total. The minimum Gasteiger partial charge on any atom is -0.497 e. The summed E-state index contributed by atoms with van der Waals surface area (Å²) in [5.74, 6) is 1.46. The highest BCUT2D eigenvalue weighted by atomic mass is 32.1. The van der Waals surface area contributed by atoms with Gasteiger partial charge in [-0.25, -0.2) is 9.97 Å². The van der Waals surface area contributed by atoms with Crippen LogP contribution in [0.4, 0.5) is 10.3 Å². The molecule has 0 fully saturated rings. The zero-order chi connectivity index (χ0) is 16.7. The van der Waals surface area contributed by atoms with Crippen LogP contribution < -0.4 is 14.8 Å². The number of methoxy groups -OCH3 is 2. The maximum Gasteiger partial charge on any atom is 0.190 e. The summed E-state index contributed by atoms with van der Waals surface area (Å²) in [6, 6.07) is 10.0. The number of hydrogen-bond acceptors (Lipinski definition) is 7. The smallest absolute Gasteiger partial charge is 0.190 e. The van der Waals surface area contributed by atoms with Crippen molar-refractivity contribution >= 4 is 53.4 Å². The molecule has 4 aromatic rings. The normalized spacial score (nSPS) is 11.1. The number of para-hydroxylation sites is 1. The maximum atomic E-state index is 5.42. The van der Waals surface area contributed by atoms with E-state index < -0.39 is 0 Å². The second-order valence-corrected chi connectivity index (χ2v) is 7.32. The Morgan fingerprint density at radius 1 is 0.917 bits per heavy atom. The third-order valence-electron chi connectivity index (χ3n) is 3.72. The van der Waals surface area contributed by atoms with Gasteiger partial charge in [0.1, 0.15) is 17.0 Å². The van der Waals surface area contributed by atoms with Crippen molar-refractivity contribution < 1.29 is 9.47 Å². The van der Waals surface area contributed by atoms with Gasteiger partial charge < -0.3 is 14.8 Å². The van der Waals surface area contributed by atoms with Gasteiger partial charge in [0.25, 0.3) is 0 Å². The van der Waals surface area contributed by atoms with Gasteiger partial charge in [0.05, 0.1) is 29.1 Å². The molecule has 24 heavy (non-hydrogen) atoms. The fraction of sp³-hybridized carbons (Fsp3) is 0.176. The monoisotopic (exact) mass is 357 g/mol. The van der Waals surface area contributed by atoms with Gasteiger partial charge in [-0.15, -0.1) is 0 Å². The Morgan fingerprint density at radius 2 is 1.67 bits per heavy atom. The number of nitrogens with zero attached hydrogens (tertiary/aromatic N) is 2. The lowest BCUT2D eigenvalue weighted by Crippen LogP contribution is -1.89. The highest BCUT2D eigenvalue weighted by Crippen LogP contribution is 2.38. The molecule has 0 aliphatic heterocycles. The first-order valence-electron chi connectivity index (χ1n) is 7.33. The molecule has 0 saturated carbocycles. The van der Waals surface area contributed by atoms with Crippen molar-refractivity contribution in [2.24, 2.45) is 0 Å². The van der Waals surface area contributed by atoms with E-state index in [0.717, 1.165) is 36.4 Å². The fourth-order valence-corrected chi connectivity index (χ4v) is 4.45. The van der Waals surface area contributed by atoms with Crippen LogP contribution in [0.15, 0.2) is 30.3 Å². The zero-order valence-corrected chi connectivity index (χ0v) is 15.0. The number of ether oxygens (including phenoxy) is 2. The van der Waals surface area contributed by atoms with Crippen LogP contribution in [0.3, 0.4) is 0 Å². The first-order chi connectivity index (χ1) is 11.7. The number of benzene rings is 2. The van der Waals surface area contributed by atoms with E-state index in [1.54, 1.807) is 36.9 Å². The second-order valence-electron chi connectivity index (χ2n) is 5.26. The van der Waals surface area contributed by atoms with E-state index in [0.29, 0.717) is 5.75 Å². The van der Waals surface area contributed by atoms with Gasteiger partial charge in [0.15, 0.2) is 10.3 Å². The van der Waals surface area contributed by atoms with Gasteiger partial charge in [-0.05, 0) is 24.6 Å². The summed E-state index contributed by atoms with van der Waals surface area (Å²) in [5.41, 5.74) is 3.03. The van der Waals surface area contributed by atoms with Crippen molar-refractivity contribution in [2.45, 2.75) is 6.92 Å². The van der Waals surface area contributed by atoms with Gasteiger partial charge in [0.2, 0.25) is 0 Å². The van der Waals surface area contributed by atoms with Crippen LogP contribution >= 0.6 is 22.7 Å². The molecule has 0 bridgehead atoms. The Bertz CT molecular complexity index is 1040. The average Bonchev–Trinajstić information content (AvgIpc) is 3.17. The Balaban J connectivity index is 1.74. The standard InChI is InChI=1S/C17H15N3O2S2/c1-9-5-4-6-12-14(9)18-16(23-12)20-17-19-15-11(22-3)7-10(21-2)8-13(15)24-17/h4-8H,1-3H3,(H,18,19,20). The Kier molecular flexibility index (Phi) is 3.74. The summed E-state index contributed by atoms with van der Waals surface area (Å²) >= 11 is 3.17. The lowest BCUT2D eigenvalue weighted by Gasteiger charge is -2.03. The summed E-state index contributed by atoms with van der Waals surface area (Å²) < 4.78 is 12.9. The third-order valence-corrected chi connectivity index (χ3v) is 5.58. The van der Waals surface area contributed by atoms with Gasteiger partial charge in [0, 0.05) is 6.07 Å². The van der Waals surface area contributed by atoms with E-state index >= 15 is 0 Å². The molecule has 7 heteroatoms. The zero-order valence-electron chi connectivity index (χ0n) is 13.4. The topological polar surface area (TPSA) is 56.3 Å². The average molecular weight is 357 g/mol. The van der Waals surface area contributed by atoms with Crippen molar-refractivity contribution in [3.05, 3.63) is 35.9 Å². The minimum absolute atomic E-state index is 0.703. The molecule has 122 valence electrons. The summed E-state index contributed by atoms with van der Waals surface area (Å²) in [7, 11) is 3.28. The van der Waals surface area contributed by atoms with Crippen molar-refractivity contribution in [3.8, 4) is 11.5 Å². The number of aromatic nitrogens is 2. The molecule has 0 spiro atoms. The van der Waals surface area contributed by atoms with E-state index in [1.807, 2.05) is 12.1 Å². The number of fused-ring (bicyclic) bond motifs is 2. The lowest BCUT2D eigenvalue weighted by atomic mass is 10.2. The summed E-state index contributed by atoms with van der Waals surface area (Å²) in [6.45, 7) is 2.07. The van der Waals surface area contributed by atoms with Crippen molar-refractivity contribution in [2.75, 3.05) is 19.5 Å². The van der Waals surface area contributed by atoms with Crippen molar-refractivity contribution in [3.63, 3.8) is 0 Å². The summed E-state index contributed by atoms with van der Waals surface area (Å²) in [5, 5.41) is 4.94. The molecule has 4 rings (SSSR count). The molecule has 2 aromatic heterocycles. The number of aryl methyl sites for hydroxylation is 1. The predicted molar refractivity (Wildman–Crippen MR) is 100 cm³/mol. The molecule has 0 aliphatic rings. The van der Waals surface area contributed by atoms with Crippen LogP contribution in [0, 0.1) is 6.92 Å². The fourth-order valence-electron chi connectivity index (χ4n) is 2.53. The Hall–Kier alpha value is -2.38. The highest BCUT2D eigenvalue weighted by molar-refractivity contribution is 7.24. The van der Waals surface area contributed by atoms with Crippen molar-refractivity contribution in [1.29, 1.82) is 0 Å². The van der Waals surface area contributed by atoms with Crippen LogP contribution in [-0.2, 0) is 0 Å². The van der Waals surface area contributed by atoms with Crippen LogP contribution in [0.5, 0.6) is 11.5 Å². The SMILES string of the molecule is COc1cc(OC)c2nc(Nc3nc4c(C)cccc4s3)sc2c1. The highest BCUT2D eigenvalue weighted by Gasteiger charge is 2.13. The number of nitrogens with one attached hydrogen (secondary N) is 1. The van der Waals surface area contributed by atoms with E-state index in [9.17, 15) is 0 Å². The van der Waals surface area contributed by atoms with E-state index in [4.69, 9.17) is 9.47 Å². The second kappa shape index (κ2) is 5.92. The molecule has 0 atom stereocenters. The van der Waals surface area contributed by atoms with Gasteiger partial charge in [-0.1, -0.05) is 34.8 Å². The van der Waals surface area contributed by atoms with Gasteiger partial charge in [-0.3, -0.25) is 0 Å². The Labute approximate surface area is 146 Å². The quantitative estimate of drug-likeness (QED) is 0.558. The number of hydrogen-bond donors (Lipinski definition) is 1. The number of rotatable bonds is 4. The predicted octanol–water partition coefficient (Wildman–Crippen LogP) is 4.98. The van der Waals surface area contributed by atoms with Crippen molar-refractivity contribution in [1.82, 2.24) is 9.97 Å². The largest absolute Gasteiger partial charge is 0.497 e. The maximum absolute atomic E-state index is 5.42. The molecule has 2 aromatic carbocycles. The van der Waals surface area contributed by atoms with E-state index in [-0.39, 0.29) is 0 Å². The molecule has 2 heterocycles. The molecular weight excluding hydrogens is 342 g/mol. The van der Waals surface area contributed by atoms with Crippen LogP contribution in [0.25, 0.3) is 20.4 Å². The van der Waals surface area contributed by atoms with E-state index in [2.05, 4.69) is 40.4 Å². The molecule has 0 amide bonds. The molecule has 0 radical (unpaired) electrons. The van der Waals surface area contributed by atoms with Crippen LogP contribution in [-0.4, -0.2) is 24.2 Å². The number of thiazole rings is 2. The Morgan fingerprint density at radius 3 is 2.38 bits per heavy atom. The number of anilines is 2. The molecule has 5 nitrogen and oxygen atoms in total. The first-order valence-corrected chi connectivity index (χ1v) is 8.97. The first kappa shape index (κ1) is 15.2. The molecular formula is C17H15N3O2S2. The lowest BCUT2D eigenvalue weighted by molar-refractivity contribution is 0.397. The van der Waals surface area contributed by atoms with Gasteiger partial charge >= 0.3 is 0 Å². The third kappa shape index (κ3) is 2.55.